The third-order valence-electron chi connectivity index (χ3n) is 2.91. The van der Waals surface area contributed by atoms with Gasteiger partial charge < -0.3 is 19.9 Å². The molecule has 0 unspecified atom stereocenters. The summed E-state index contributed by atoms with van der Waals surface area (Å²) in [6.07, 6.45) is -0.634. The highest BCUT2D eigenvalue weighted by molar-refractivity contribution is 5.74. The van der Waals surface area contributed by atoms with Crippen molar-refractivity contribution in [2.45, 2.75) is 12.6 Å². The van der Waals surface area contributed by atoms with Crippen LogP contribution in [0, 0.1) is 5.92 Å². The molecule has 2 rings (SSSR count). The largest absolute Gasteiger partial charge is 0.481 e. The summed E-state index contributed by atoms with van der Waals surface area (Å²) in [5.74, 6) is -1.70. The van der Waals surface area contributed by atoms with E-state index in [0.717, 1.165) is 5.56 Å². The fraction of sp³-hybridized carbons (Fsp3) is 0.385. The molecule has 0 radical (unpaired) electrons. The van der Waals surface area contributed by atoms with Crippen molar-refractivity contribution in [2.24, 2.45) is 5.92 Å². The molecule has 1 aromatic rings. The summed E-state index contributed by atoms with van der Waals surface area (Å²) >= 11 is 0. The highest BCUT2D eigenvalue weighted by atomic mass is 16.5. The minimum atomic E-state index is -0.981. The molecule has 6 heteroatoms. The Morgan fingerprint density at radius 2 is 2.05 bits per heavy atom. The van der Waals surface area contributed by atoms with Gasteiger partial charge in [0, 0.05) is 0 Å². The molecule has 2 atom stereocenters. The molecule has 0 aliphatic carbocycles. The van der Waals surface area contributed by atoms with Gasteiger partial charge in [-0.2, -0.15) is 0 Å². The summed E-state index contributed by atoms with van der Waals surface area (Å²) in [6, 6.07) is 8.71. The molecule has 1 aromatic carbocycles. The Morgan fingerprint density at radius 3 is 2.74 bits per heavy atom. The Hall–Kier alpha value is -2.08. The van der Waals surface area contributed by atoms with Gasteiger partial charge in [0.25, 0.3) is 0 Å². The zero-order valence-corrected chi connectivity index (χ0v) is 10.2. The van der Waals surface area contributed by atoms with Crippen LogP contribution in [0.4, 0.5) is 4.79 Å². The molecule has 19 heavy (non-hydrogen) atoms. The Bertz CT molecular complexity index is 448. The standard InChI is InChI=1S/C13H15NO5/c15-12(16)10-7-18-8-11(10)14-13(17)19-6-9-4-2-1-3-5-9/h1-5,10-11H,6-8H2,(H,14,17)(H,15,16)/t10-,11+/m1/s1. The van der Waals surface area contributed by atoms with Crippen molar-refractivity contribution in [3.05, 3.63) is 35.9 Å². The summed E-state index contributed by atoms with van der Waals surface area (Å²) in [5.41, 5.74) is 0.870. The van der Waals surface area contributed by atoms with Gasteiger partial charge in [0.15, 0.2) is 0 Å². The number of carbonyl (C=O) groups is 2. The molecule has 1 saturated heterocycles. The monoisotopic (exact) mass is 265 g/mol. The average Bonchev–Trinajstić information content (AvgIpc) is 2.86. The summed E-state index contributed by atoms with van der Waals surface area (Å²) in [4.78, 5) is 22.5. The van der Waals surface area contributed by atoms with Gasteiger partial charge in [-0.25, -0.2) is 4.79 Å². The Labute approximate surface area is 110 Å². The number of hydrogen-bond acceptors (Lipinski definition) is 4. The minimum Gasteiger partial charge on any atom is -0.481 e. The zero-order chi connectivity index (χ0) is 13.7. The van der Waals surface area contributed by atoms with E-state index < -0.39 is 24.0 Å². The van der Waals surface area contributed by atoms with Crippen LogP contribution >= 0.6 is 0 Å². The number of aliphatic carboxylic acids is 1. The van der Waals surface area contributed by atoms with Gasteiger partial charge in [-0.1, -0.05) is 30.3 Å². The summed E-state index contributed by atoms with van der Waals surface area (Å²) in [5, 5.41) is 11.4. The zero-order valence-electron chi connectivity index (χ0n) is 10.2. The van der Waals surface area contributed by atoms with Crippen LogP contribution in [0.1, 0.15) is 5.56 Å². The van der Waals surface area contributed by atoms with Crippen LogP contribution in [0.5, 0.6) is 0 Å². The molecule has 1 heterocycles. The number of rotatable bonds is 4. The van der Waals surface area contributed by atoms with E-state index in [1.165, 1.54) is 0 Å². The van der Waals surface area contributed by atoms with E-state index in [0.29, 0.717) is 0 Å². The lowest BCUT2D eigenvalue weighted by Crippen LogP contribution is -2.42. The van der Waals surface area contributed by atoms with E-state index in [9.17, 15) is 9.59 Å². The molecule has 1 fully saturated rings. The van der Waals surface area contributed by atoms with E-state index >= 15 is 0 Å². The second-order valence-corrected chi connectivity index (χ2v) is 4.29. The number of carboxylic acids is 1. The number of amides is 1. The number of hydrogen-bond donors (Lipinski definition) is 2. The lowest BCUT2D eigenvalue weighted by atomic mass is 10.1. The molecular formula is C13H15NO5. The molecule has 1 amide bonds. The molecule has 0 spiro atoms. The fourth-order valence-electron chi connectivity index (χ4n) is 1.86. The van der Waals surface area contributed by atoms with Crippen LogP contribution in [0.3, 0.4) is 0 Å². The first-order chi connectivity index (χ1) is 9.16. The third kappa shape index (κ3) is 3.69. The average molecular weight is 265 g/mol. The van der Waals surface area contributed by atoms with Crippen LogP contribution in [0.2, 0.25) is 0 Å². The van der Waals surface area contributed by atoms with Crippen molar-refractivity contribution in [1.82, 2.24) is 5.32 Å². The van der Waals surface area contributed by atoms with Gasteiger partial charge >= 0.3 is 12.1 Å². The molecule has 0 saturated carbocycles. The number of benzene rings is 1. The first-order valence-electron chi connectivity index (χ1n) is 5.94. The van der Waals surface area contributed by atoms with Gasteiger partial charge in [-0.05, 0) is 5.56 Å². The highest BCUT2D eigenvalue weighted by Crippen LogP contribution is 2.14. The molecule has 2 N–H and O–H groups in total. The first kappa shape index (κ1) is 13.4. The smallest absolute Gasteiger partial charge is 0.407 e. The SMILES string of the molecule is O=C(N[C@H]1COC[C@H]1C(=O)O)OCc1ccccc1. The van der Waals surface area contributed by atoms with Crippen LogP contribution in [0.15, 0.2) is 30.3 Å². The Kier molecular flexibility index (Phi) is 4.35. The quantitative estimate of drug-likeness (QED) is 0.848. The maximum absolute atomic E-state index is 11.6. The number of carboxylic acid groups (broad SMARTS) is 1. The molecule has 1 aliphatic rings. The second-order valence-electron chi connectivity index (χ2n) is 4.29. The van der Waals surface area contributed by atoms with E-state index in [2.05, 4.69) is 5.32 Å². The van der Waals surface area contributed by atoms with Gasteiger partial charge in [0.2, 0.25) is 0 Å². The number of alkyl carbamates (subject to hydrolysis) is 1. The number of carbonyl (C=O) groups excluding carboxylic acids is 1. The number of ether oxygens (including phenoxy) is 2. The van der Waals surface area contributed by atoms with E-state index in [4.69, 9.17) is 14.6 Å². The summed E-state index contributed by atoms with van der Waals surface area (Å²) in [7, 11) is 0. The molecule has 0 aromatic heterocycles. The molecule has 1 aliphatic heterocycles. The van der Waals surface area contributed by atoms with Gasteiger partial charge in [0.05, 0.1) is 19.3 Å². The summed E-state index contributed by atoms with van der Waals surface area (Å²) < 4.78 is 10.1. The molecule has 6 nitrogen and oxygen atoms in total. The maximum Gasteiger partial charge on any atom is 0.407 e. The Balaban J connectivity index is 1.80. The van der Waals surface area contributed by atoms with Crippen molar-refractivity contribution in [1.29, 1.82) is 0 Å². The lowest BCUT2D eigenvalue weighted by Gasteiger charge is -2.15. The Morgan fingerprint density at radius 1 is 1.32 bits per heavy atom. The van der Waals surface area contributed by atoms with Crippen molar-refractivity contribution in [2.75, 3.05) is 13.2 Å². The maximum atomic E-state index is 11.6. The fourth-order valence-corrected chi connectivity index (χ4v) is 1.86. The molecule has 0 bridgehead atoms. The predicted octanol–water partition coefficient (Wildman–Crippen LogP) is 1.01. The van der Waals surface area contributed by atoms with Crippen molar-refractivity contribution >= 4 is 12.1 Å². The molecule has 102 valence electrons. The van der Waals surface area contributed by atoms with E-state index in [1.807, 2.05) is 30.3 Å². The second kappa shape index (κ2) is 6.19. The van der Waals surface area contributed by atoms with Crippen LogP contribution in [-0.2, 0) is 20.9 Å². The predicted molar refractivity (Wildman–Crippen MR) is 65.5 cm³/mol. The molecular weight excluding hydrogens is 250 g/mol. The van der Waals surface area contributed by atoms with Gasteiger partial charge in [-0.15, -0.1) is 0 Å². The minimum absolute atomic E-state index is 0.110. The van der Waals surface area contributed by atoms with Crippen LogP contribution < -0.4 is 5.32 Å². The van der Waals surface area contributed by atoms with Crippen LogP contribution in [-0.4, -0.2) is 36.4 Å². The topological polar surface area (TPSA) is 84.9 Å². The van der Waals surface area contributed by atoms with Crippen LogP contribution in [0.25, 0.3) is 0 Å². The normalized spacial score (nSPS) is 21.9. The van der Waals surface area contributed by atoms with Crippen molar-refractivity contribution < 1.29 is 24.2 Å². The van der Waals surface area contributed by atoms with Crippen molar-refractivity contribution in [3.8, 4) is 0 Å². The lowest BCUT2D eigenvalue weighted by molar-refractivity contribution is -0.142. The van der Waals surface area contributed by atoms with Gasteiger partial charge in [0.1, 0.15) is 12.5 Å². The number of nitrogens with one attached hydrogen (secondary N) is 1. The highest BCUT2D eigenvalue weighted by Gasteiger charge is 2.35. The van der Waals surface area contributed by atoms with Crippen molar-refractivity contribution in [3.63, 3.8) is 0 Å². The van der Waals surface area contributed by atoms with E-state index in [1.54, 1.807) is 0 Å². The summed E-state index contributed by atoms with van der Waals surface area (Å²) in [6.45, 7) is 0.453. The van der Waals surface area contributed by atoms with Gasteiger partial charge in [-0.3, -0.25) is 4.79 Å². The third-order valence-corrected chi connectivity index (χ3v) is 2.91. The first-order valence-corrected chi connectivity index (χ1v) is 5.94. The van der Waals surface area contributed by atoms with E-state index in [-0.39, 0.29) is 19.8 Å².